The molecule has 0 bridgehead atoms. The Bertz CT molecular complexity index is 447. The number of benzene rings is 1. The molecule has 1 nitrogen and oxygen atoms in total. The molecule has 0 amide bonds. The average Bonchev–Trinajstić information content (AvgIpc) is 2.56. The van der Waals surface area contributed by atoms with E-state index in [1.807, 2.05) is 0 Å². The minimum Gasteiger partial charge on any atom is -0.495 e. The van der Waals surface area contributed by atoms with E-state index in [9.17, 15) is 0 Å². The van der Waals surface area contributed by atoms with Crippen molar-refractivity contribution in [2.24, 2.45) is 0 Å². The van der Waals surface area contributed by atoms with Gasteiger partial charge < -0.3 is 4.74 Å². The molecule has 0 N–H and O–H groups in total. The molecule has 1 aromatic carbocycles. The molecule has 0 radical (unpaired) electrons. The van der Waals surface area contributed by atoms with Crippen LogP contribution in [0.2, 0.25) is 0 Å². The zero-order chi connectivity index (χ0) is 9.42. The monoisotopic (exact) mass is 304 g/mol. The number of hydrogen-bond acceptors (Lipinski definition) is 2. The lowest BCUT2D eigenvalue weighted by Crippen LogP contribution is -1.82. The Kier molecular flexibility index (Phi) is 2.47. The van der Waals surface area contributed by atoms with E-state index >= 15 is 0 Å². The number of fused-ring (bicyclic) bond motifs is 1. The van der Waals surface area contributed by atoms with Gasteiger partial charge in [-0.25, -0.2) is 0 Å². The van der Waals surface area contributed by atoms with Gasteiger partial charge in [0, 0.05) is 19.0 Å². The zero-order valence-corrected chi connectivity index (χ0v) is 10.4. The van der Waals surface area contributed by atoms with Crippen LogP contribution >= 0.6 is 33.9 Å². The molecule has 0 aliphatic heterocycles. The maximum Gasteiger partial charge on any atom is 0.138 e. The summed E-state index contributed by atoms with van der Waals surface area (Å²) < 4.78 is 7.91. The van der Waals surface area contributed by atoms with Gasteiger partial charge in [0.05, 0.1) is 7.11 Å². The van der Waals surface area contributed by atoms with Crippen LogP contribution in [0.5, 0.6) is 5.75 Å². The molecule has 1 heterocycles. The minimum atomic E-state index is 0.994. The van der Waals surface area contributed by atoms with Crippen molar-refractivity contribution < 1.29 is 4.74 Å². The summed E-state index contributed by atoms with van der Waals surface area (Å²) in [5.74, 6) is 0.994. The van der Waals surface area contributed by atoms with Crippen LogP contribution in [-0.4, -0.2) is 7.11 Å². The van der Waals surface area contributed by atoms with E-state index in [1.54, 1.807) is 18.4 Å². The van der Waals surface area contributed by atoms with Gasteiger partial charge in [-0.1, -0.05) is 6.07 Å². The first kappa shape index (κ1) is 9.27. The van der Waals surface area contributed by atoms with Gasteiger partial charge in [0.25, 0.3) is 0 Å². The molecule has 0 saturated heterocycles. The van der Waals surface area contributed by atoms with Crippen LogP contribution in [0, 0.1) is 10.5 Å². The first-order valence-electron chi connectivity index (χ1n) is 3.94. The molecule has 13 heavy (non-hydrogen) atoms. The van der Waals surface area contributed by atoms with E-state index < -0.39 is 0 Å². The fraction of sp³-hybridized carbons (Fsp3) is 0.200. The van der Waals surface area contributed by atoms with Crippen molar-refractivity contribution in [3.63, 3.8) is 0 Å². The SMILES string of the molecule is COc1csc2c(C)ccc(I)c12. The molecule has 2 aromatic rings. The van der Waals surface area contributed by atoms with Crippen LogP contribution in [0.15, 0.2) is 17.5 Å². The Morgan fingerprint density at radius 3 is 2.85 bits per heavy atom. The molecule has 0 saturated carbocycles. The van der Waals surface area contributed by atoms with Crippen LogP contribution in [0.3, 0.4) is 0 Å². The highest BCUT2D eigenvalue weighted by molar-refractivity contribution is 14.1. The van der Waals surface area contributed by atoms with E-state index in [0.29, 0.717) is 0 Å². The minimum absolute atomic E-state index is 0.994. The lowest BCUT2D eigenvalue weighted by molar-refractivity contribution is 0.421. The molecule has 0 unspecified atom stereocenters. The summed E-state index contributed by atoms with van der Waals surface area (Å²) in [6, 6.07) is 4.29. The lowest BCUT2D eigenvalue weighted by Gasteiger charge is -2.01. The van der Waals surface area contributed by atoms with E-state index in [1.165, 1.54) is 19.2 Å². The third-order valence-corrected chi connectivity index (χ3v) is 4.05. The third kappa shape index (κ3) is 1.44. The van der Waals surface area contributed by atoms with Crippen LogP contribution < -0.4 is 4.74 Å². The molecule has 0 spiro atoms. The van der Waals surface area contributed by atoms with Gasteiger partial charge in [0.2, 0.25) is 0 Å². The number of hydrogen-bond donors (Lipinski definition) is 0. The van der Waals surface area contributed by atoms with Crippen molar-refractivity contribution in [3.8, 4) is 5.75 Å². The molecule has 2 rings (SSSR count). The van der Waals surface area contributed by atoms with Gasteiger partial charge in [0.1, 0.15) is 5.75 Å². The van der Waals surface area contributed by atoms with E-state index in [-0.39, 0.29) is 0 Å². The fourth-order valence-electron chi connectivity index (χ4n) is 1.37. The van der Waals surface area contributed by atoms with E-state index in [0.717, 1.165) is 5.75 Å². The Morgan fingerprint density at radius 1 is 1.38 bits per heavy atom. The maximum atomic E-state index is 5.31. The molecule has 1 aromatic heterocycles. The largest absolute Gasteiger partial charge is 0.495 e. The van der Waals surface area contributed by atoms with Gasteiger partial charge in [-0.2, -0.15) is 0 Å². The van der Waals surface area contributed by atoms with Gasteiger partial charge in [0.15, 0.2) is 0 Å². The average molecular weight is 304 g/mol. The Balaban J connectivity index is 2.87. The first-order chi connectivity index (χ1) is 6.24. The predicted octanol–water partition coefficient (Wildman–Crippen LogP) is 3.82. The zero-order valence-electron chi connectivity index (χ0n) is 7.43. The normalized spacial score (nSPS) is 10.7. The van der Waals surface area contributed by atoms with Crippen molar-refractivity contribution in [2.45, 2.75) is 6.92 Å². The second-order valence-corrected chi connectivity index (χ2v) is 4.91. The highest BCUT2D eigenvalue weighted by Crippen LogP contribution is 2.37. The van der Waals surface area contributed by atoms with Gasteiger partial charge in [-0.3, -0.25) is 0 Å². The number of halogens is 1. The number of methoxy groups -OCH3 is 1. The van der Waals surface area contributed by atoms with Crippen molar-refractivity contribution in [1.29, 1.82) is 0 Å². The van der Waals surface area contributed by atoms with Crippen molar-refractivity contribution >= 4 is 44.0 Å². The summed E-state index contributed by atoms with van der Waals surface area (Å²) in [6.07, 6.45) is 0. The topological polar surface area (TPSA) is 9.23 Å². The highest BCUT2D eigenvalue weighted by Gasteiger charge is 2.09. The quantitative estimate of drug-likeness (QED) is 0.728. The highest BCUT2D eigenvalue weighted by atomic mass is 127. The number of rotatable bonds is 1. The van der Waals surface area contributed by atoms with Crippen molar-refractivity contribution in [3.05, 3.63) is 26.6 Å². The van der Waals surface area contributed by atoms with Crippen molar-refractivity contribution in [2.75, 3.05) is 7.11 Å². The Labute approximate surface area is 94.9 Å². The predicted molar refractivity (Wildman–Crippen MR) is 65.8 cm³/mol. The fourth-order valence-corrected chi connectivity index (χ4v) is 3.29. The van der Waals surface area contributed by atoms with Crippen molar-refractivity contribution in [1.82, 2.24) is 0 Å². The number of ether oxygens (including phenoxy) is 1. The summed E-state index contributed by atoms with van der Waals surface area (Å²) in [5.41, 5.74) is 1.32. The van der Waals surface area contributed by atoms with Crippen LogP contribution in [0.25, 0.3) is 10.1 Å². The first-order valence-corrected chi connectivity index (χ1v) is 5.90. The maximum absolute atomic E-state index is 5.31. The van der Waals surface area contributed by atoms with Crippen LogP contribution in [0.4, 0.5) is 0 Å². The standard InChI is InChI=1S/C10H9IOS/c1-6-3-4-7(11)9-8(12-2)5-13-10(6)9/h3-5H,1-2H3. The summed E-state index contributed by atoms with van der Waals surface area (Å²) in [4.78, 5) is 0. The van der Waals surface area contributed by atoms with Gasteiger partial charge >= 0.3 is 0 Å². The molecule has 68 valence electrons. The van der Waals surface area contributed by atoms with Gasteiger partial charge in [-0.15, -0.1) is 11.3 Å². The Morgan fingerprint density at radius 2 is 2.15 bits per heavy atom. The lowest BCUT2D eigenvalue weighted by atomic mass is 10.2. The molecule has 0 fully saturated rings. The summed E-state index contributed by atoms with van der Waals surface area (Å²) >= 11 is 4.10. The van der Waals surface area contributed by atoms with Gasteiger partial charge in [-0.05, 0) is 41.1 Å². The molecular weight excluding hydrogens is 295 g/mol. The second-order valence-electron chi connectivity index (χ2n) is 2.87. The smallest absolute Gasteiger partial charge is 0.138 e. The molecule has 0 aliphatic rings. The third-order valence-electron chi connectivity index (χ3n) is 2.05. The molecule has 0 aliphatic carbocycles. The number of thiophene rings is 1. The van der Waals surface area contributed by atoms with Crippen LogP contribution in [-0.2, 0) is 0 Å². The second kappa shape index (κ2) is 3.46. The number of aryl methyl sites for hydroxylation is 1. The molecule has 3 heteroatoms. The summed E-state index contributed by atoms with van der Waals surface area (Å²) in [7, 11) is 1.72. The molecular formula is C10H9IOS. The Hall–Kier alpha value is -0.290. The molecule has 0 atom stereocenters. The van der Waals surface area contributed by atoms with Crippen LogP contribution in [0.1, 0.15) is 5.56 Å². The van der Waals surface area contributed by atoms with E-state index in [4.69, 9.17) is 4.74 Å². The summed E-state index contributed by atoms with van der Waals surface area (Å²) in [6.45, 7) is 2.13. The summed E-state index contributed by atoms with van der Waals surface area (Å²) in [5, 5.41) is 3.33. The van der Waals surface area contributed by atoms with E-state index in [2.05, 4.69) is 47.0 Å².